The summed E-state index contributed by atoms with van der Waals surface area (Å²) in [6.07, 6.45) is 0. The zero-order chi connectivity index (χ0) is 14.7. The van der Waals surface area contributed by atoms with E-state index in [1.165, 1.54) is 16.7 Å². The summed E-state index contributed by atoms with van der Waals surface area (Å²) in [4.78, 5) is 0. The summed E-state index contributed by atoms with van der Waals surface area (Å²) in [6, 6.07) is 12.4. The number of nitrogens with two attached hydrogens (primary N) is 1. The van der Waals surface area contributed by atoms with Gasteiger partial charge in [-0.15, -0.1) is 0 Å². The Morgan fingerprint density at radius 1 is 1.10 bits per heavy atom. The first-order valence-electron chi connectivity index (χ1n) is 6.70. The lowest BCUT2D eigenvalue weighted by Gasteiger charge is -2.15. The van der Waals surface area contributed by atoms with Gasteiger partial charge in [-0.3, -0.25) is 0 Å². The lowest BCUT2D eigenvalue weighted by atomic mass is 10.1. The van der Waals surface area contributed by atoms with Crippen molar-refractivity contribution in [3.05, 3.63) is 63.1 Å². The first kappa shape index (κ1) is 15.1. The molecule has 0 amide bonds. The van der Waals surface area contributed by atoms with E-state index in [2.05, 4.69) is 48.0 Å². The van der Waals surface area contributed by atoms with Crippen molar-refractivity contribution in [2.24, 2.45) is 5.73 Å². The van der Waals surface area contributed by atoms with Crippen molar-refractivity contribution in [2.75, 3.05) is 0 Å². The highest BCUT2D eigenvalue weighted by Crippen LogP contribution is 2.28. The normalized spacial score (nSPS) is 12.2. The maximum Gasteiger partial charge on any atom is 0.124 e. The van der Waals surface area contributed by atoms with Gasteiger partial charge in [0, 0.05) is 16.1 Å². The van der Waals surface area contributed by atoms with E-state index in [1.54, 1.807) is 0 Å². The Kier molecular flexibility index (Phi) is 4.84. The molecule has 1 unspecified atom stereocenters. The molecule has 106 valence electrons. The summed E-state index contributed by atoms with van der Waals surface area (Å²) in [5, 5.41) is 0. The van der Waals surface area contributed by atoms with Gasteiger partial charge in [0.05, 0.1) is 0 Å². The second-order valence-corrected chi connectivity index (χ2v) is 6.17. The van der Waals surface area contributed by atoms with Crippen LogP contribution in [-0.4, -0.2) is 0 Å². The van der Waals surface area contributed by atoms with Gasteiger partial charge in [0.25, 0.3) is 0 Å². The van der Waals surface area contributed by atoms with E-state index >= 15 is 0 Å². The van der Waals surface area contributed by atoms with E-state index in [1.807, 2.05) is 25.1 Å². The molecular formula is C17H20BrNO. The fourth-order valence-corrected chi connectivity index (χ4v) is 2.70. The minimum Gasteiger partial charge on any atom is -0.489 e. The molecule has 2 N–H and O–H groups in total. The molecule has 20 heavy (non-hydrogen) atoms. The molecule has 0 bridgehead atoms. The third-order valence-electron chi connectivity index (χ3n) is 3.14. The summed E-state index contributed by atoms with van der Waals surface area (Å²) in [7, 11) is 0. The Bertz CT molecular complexity index is 588. The number of hydrogen-bond acceptors (Lipinski definition) is 2. The molecule has 2 rings (SSSR count). The van der Waals surface area contributed by atoms with Crippen LogP contribution in [0.2, 0.25) is 0 Å². The van der Waals surface area contributed by atoms with Crippen molar-refractivity contribution in [2.45, 2.75) is 33.4 Å². The zero-order valence-electron chi connectivity index (χ0n) is 12.1. The molecular weight excluding hydrogens is 314 g/mol. The van der Waals surface area contributed by atoms with Crippen molar-refractivity contribution >= 4 is 15.9 Å². The fraction of sp³-hybridized carbons (Fsp3) is 0.294. The molecule has 1 atom stereocenters. The number of rotatable bonds is 4. The SMILES string of the molecule is Cc1cc(C)cc(COc2ccc(Br)cc2C(C)N)c1. The monoisotopic (exact) mass is 333 g/mol. The molecule has 0 spiro atoms. The predicted molar refractivity (Wildman–Crippen MR) is 87.0 cm³/mol. The van der Waals surface area contributed by atoms with Crippen molar-refractivity contribution in [3.63, 3.8) is 0 Å². The molecule has 0 radical (unpaired) electrons. The Hall–Kier alpha value is -1.32. The molecule has 2 aromatic rings. The maximum absolute atomic E-state index is 6.00. The Balaban J connectivity index is 2.18. The Morgan fingerprint density at radius 2 is 1.75 bits per heavy atom. The van der Waals surface area contributed by atoms with Gasteiger partial charge in [0.2, 0.25) is 0 Å². The number of ether oxygens (including phenoxy) is 1. The van der Waals surface area contributed by atoms with Crippen LogP contribution in [0, 0.1) is 13.8 Å². The quantitative estimate of drug-likeness (QED) is 0.882. The summed E-state index contributed by atoms with van der Waals surface area (Å²) >= 11 is 3.47. The van der Waals surface area contributed by atoms with Gasteiger partial charge in [0.15, 0.2) is 0 Å². The topological polar surface area (TPSA) is 35.2 Å². The molecule has 0 aliphatic heterocycles. The highest BCUT2D eigenvalue weighted by Gasteiger charge is 2.09. The van der Waals surface area contributed by atoms with E-state index in [4.69, 9.17) is 10.5 Å². The largest absolute Gasteiger partial charge is 0.489 e. The van der Waals surface area contributed by atoms with E-state index in [-0.39, 0.29) is 6.04 Å². The van der Waals surface area contributed by atoms with Crippen LogP contribution in [0.1, 0.15) is 35.2 Å². The summed E-state index contributed by atoms with van der Waals surface area (Å²) in [6.45, 7) is 6.72. The molecule has 0 fully saturated rings. The Morgan fingerprint density at radius 3 is 2.35 bits per heavy atom. The molecule has 2 aromatic carbocycles. The van der Waals surface area contributed by atoms with Crippen molar-refractivity contribution in [3.8, 4) is 5.75 Å². The third-order valence-corrected chi connectivity index (χ3v) is 3.63. The highest BCUT2D eigenvalue weighted by atomic mass is 79.9. The van der Waals surface area contributed by atoms with Gasteiger partial charge in [0.1, 0.15) is 12.4 Å². The second-order valence-electron chi connectivity index (χ2n) is 5.26. The molecule has 3 heteroatoms. The van der Waals surface area contributed by atoms with Crippen LogP contribution in [0.3, 0.4) is 0 Å². The van der Waals surface area contributed by atoms with Gasteiger partial charge >= 0.3 is 0 Å². The molecule has 0 saturated heterocycles. The standard InChI is InChI=1S/C17H20BrNO/c1-11-6-12(2)8-14(7-11)10-20-17-5-4-15(18)9-16(17)13(3)19/h4-9,13H,10,19H2,1-3H3. The molecule has 0 aliphatic rings. The molecule has 0 heterocycles. The highest BCUT2D eigenvalue weighted by molar-refractivity contribution is 9.10. The summed E-state index contributed by atoms with van der Waals surface area (Å²) < 4.78 is 6.97. The number of benzene rings is 2. The van der Waals surface area contributed by atoms with Gasteiger partial charge in [-0.2, -0.15) is 0 Å². The fourth-order valence-electron chi connectivity index (χ4n) is 2.32. The second kappa shape index (κ2) is 6.42. The smallest absolute Gasteiger partial charge is 0.124 e. The van der Waals surface area contributed by atoms with Crippen molar-refractivity contribution in [1.29, 1.82) is 0 Å². The van der Waals surface area contributed by atoms with Crippen LogP contribution in [0.4, 0.5) is 0 Å². The van der Waals surface area contributed by atoms with E-state index in [9.17, 15) is 0 Å². The van der Waals surface area contributed by atoms with Crippen molar-refractivity contribution in [1.82, 2.24) is 0 Å². The van der Waals surface area contributed by atoms with Crippen molar-refractivity contribution < 1.29 is 4.74 Å². The minimum atomic E-state index is -0.0539. The van der Waals surface area contributed by atoms with Crippen LogP contribution >= 0.6 is 15.9 Å². The first-order chi connectivity index (χ1) is 9.45. The molecule has 0 aromatic heterocycles. The number of aryl methyl sites for hydroxylation is 2. The lowest BCUT2D eigenvalue weighted by Crippen LogP contribution is -2.08. The van der Waals surface area contributed by atoms with Crippen LogP contribution in [0.5, 0.6) is 5.75 Å². The third kappa shape index (κ3) is 3.84. The van der Waals surface area contributed by atoms with E-state index in [0.717, 1.165) is 15.8 Å². The molecule has 2 nitrogen and oxygen atoms in total. The average Bonchev–Trinajstić information content (AvgIpc) is 2.36. The first-order valence-corrected chi connectivity index (χ1v) is 7.50. The van der Waals surface area contributed by atoms with Crippen LogP contribution < -0.4 is 10.5 Å². The van der Waals surface area contributed by atoms with Gasteiger partial charge in [-0.05, 0) is 44.5 Å². The number of halogens is 1. The summed E-state index contributed by atoms with van der Waals surface area (Å²) in [5.41, 5.74) is 10.7. The molecule has 0 saturated carbocycles. The minimum absolute atomic E-state index is 0.0539. The van der Waals surface area contributed by atoms with Crippen LogP contribution in [-0.2, 0) is 6.61 Å². The zero-order valence-corrected chi connectivity index (χ0v) is 13.7. The van der Waals surface area contributed by atoms with E-state index in [0.29, 0.717) is 6.61 Å². The average molecular weight is 334 g/mol. The summed E-state index contributed by atoms with van der Waals surface area (Å²) in [5.74, 6) is 0.849. The predicted octanol–water partition coefficient (Wildman–Crippen LogP) is 4.66. The number of hydrogen-bond donors (Lipinski definition) is 1. The van der Waals surface area contributed by atoms with Crippen LogP contribution in [0.15, 0.2) is 40.9 Å². The molecule has 0 aliphatic carbocycles. The van der Waals surface area contributed by atoms with Gasteiger partial charge < -0.3 is 10.5 Å². The van der Waals surface area contributed by atoms with E-state index < -0.39 is 0 Å². The maximum atomic E-state index is 6.00. The van der Waals surface area contributed by atoms with Gasteiger partial charge in [-0.25, -0.2) is 0 Å². The van der Waals surface area contributed by atoms with Crippen LogP contribution in [0.25, 0.3) is 0 Å². The van der Waals surface area contributed by atoms with Gasteiger partial charge in [-0.1, -0.05) is 45.3 Å². The Labute approximate surface area is 129 Å². The lowest BCUT2D eigenvalue weighted by molar-refractivity contribution is 0.301.